The molecule has 0 spiro atoms. The molecule has 0 atom stereocenters. The molecule has 0 aliphatic carbocycles. The summed E-state index contributed by atoms with van der Waals surface area (Å²) in [5, 5.41) is 4.17. The number of hydrogen-bond donors (Lipinski definition) is 0. The van der Waals surface area contributed by atoms with Gasteiger partial charge in [-0.25, -0.2) is 19.2 Å². The number of methoxy groups -OCH3 is 1. The standard InChI is InChI=1S/C24H34N4O5/c1-23(2,3)32-21(29)26-20(28-17-9-15-25-28)27(22(30)33-24(4,5)6)16-8-10-18-11-13-19(31-7)14-12-18/h9,11-15,17H,8,10,16H2,1-7H3/b26-20-. The van der Waals surface area contributed by atoms with Crippen LogP contribution in [0.15, 0.2) is 47.7 Å². The van der Waals surface area contributed by atoms with Crippen LogP contribution in [0.3, 0.4) is 0 Å². The van der Waals surface area contributed by atoms with E-state index in [2.05, 4.69) is 10.1 Å². The number of aliphatic imine (C=N–C) groups is 1. The monoisotopic (exact) mass is 458 g/mol. The van der Waals surface area contributed by atoms with Crippen LogP contribution in [-0.2, 0) is 15.9 Å². The van der Waals surface area contributed by atoms with E-state index in [4.69, 9.17) is 14.2 Å². The Balaban J connectivity index is 2.30. The Bertz CT molecular complexity index is 939. The van der Waals surface area contributed by atoms with Crippen molar-refractivity contribution in [2.45, 2.75) is 65.6 Å². The Labute approximate surface area is 195 Å². The lowest BCUT2D eigenvalue weighted by Gasteiger charge is -2.28. The quantitative estimate of drug-likeness (QED) is 0.467. The third-order valence-electron chi connectivity index (χ3n) is 4.16. The number of rotatable bonds is 5. The van der Waals surface area contributed by atoms with Crippen LogP contribution in [0.1, 0.15) is 53.5 Å². The molecule has 2 amide bonds. The summed E-state index contributed by atoms with van der Waals surface area (Å²) in [5.41, 5.74) is -0.377. The van der Waals surface area contributed by atoms with Crippen LogP contribution >= 0.6 is 0 Å². The van der Waals surface area contributed by atoms with Gasteiger partial charge in [-0.15, -0.1) is 4.99 Å². The number of aryl methyl sites for hydroxylation is 1. The van der Waals surface area contributed by atoms with Gasteiger partial charge >= 0.3 is 12.2 Å². The maximum atomic E-state index is 13.1. The van der Waals surface area contributed by atoms with Gasteiger partial charge in [-0.2, -0.15) is 5.10 Å². The Kier molecular flexibility index (Phi) is 8.62. The third kappa shape index (κ3) is 8.96. The van der Waals surface area contributed by atoms with Crippen molar-refractivity contribution in [2.24, 2.45) is 4.99 Å². The van der Waals surface area contributed by atoms with E-state index in [0.29, 0.717) is 12.8 Å². The molecule has 33 heavy (non-hydrogen) atoms. The molecule has 0 N–H and O–H groups in total. The van der Waals surface area contributed by atoms with E-state index in [-0.39, 0.29) is 12.5 Å². The molecule has 0 fully saturated rings. The highest BCUT2D eigenvalue weighted by Gasteiger charge is 2.28. The summed E-state index contributed by atoms with van der Waals surface area (Å²) < 4.78 is 17.5. The summed E-state index contributed by atoms with van der Waals surface area (Å²) in [6.07, 6.45) is 2.98. The average Bonchev–Trinajstić information content (AvgIpc) is 3.22. The van der Waals surface area contributed by atoms with Crippen molar-refractivity contribution in [1.82, 2.24) is 14.7 Å². The second-order valence-electron chi connectivity index (χ2n) is 9.43. The molecule has 0 bridgehead atoms. The average molecular weight is 459 g/mol. The zero-order valence-corrected chi connectivity index (χ0v) is 20.5. The minimum Gasteiger partial charge on any atom is -0.497 e. The molecule has 0 aliphatic rings. The van der Waals surface area contributed by atoms with Gasteiger partial charge in [0.05, 0.1) is 7.11 Å². The lowest BCUT2D eigenvalue weighted by atomic mass is 10.1. The maximum absolute atomic E-state index is 13.1. The van der Waals surface area contributed by atoms with E-state index < -0.39 is 23.4 Å². The van der Waals surface area contributed by atoms with Crippen molar-refractivity contribution in [3.05, 3.63) is 48.3 Å². The summed E-state index contributed by atoms with van der Waals surface area (Å²) in [5.74, 6) is 0.790. The van der Waals surface area contributed by atoms with Gasteiger partial charge in [0.25, 0.3) is 0 Å². The Morgan fingerprint density at radius 1 is 1.03 bits per heavy atom. The number of benzene rings is 1. The van der Waals surface area contributed by atoms with Crippen molar-refractivity contribution in [1.29, 1.82) is 0 Å². The predicted molar refractivity (Wildman–Crippen MR) is 126 cm³/mol. The second kappa shape index (κ2) is 11.0. The Hall–Kier alpha value is -3.36. The second-order valence-corrected chi connectivity index (χ2v) is 9.43. The summed E-state index contributed by atoms with van der Waals surface area (Å²) in [6, 6.07) is 9.40. The molecule has 0 saturated carbocycles. The molecule has 0 unspecified atom stereocenters. The molecule has 0 saturated heterocycles. The van der Waals surface area contributed by atoms with Crippen molar-refractivity contribution in [3.8, 4) is 5.75 Å². The Morgan fingerprint density at radius 3 is 2.18 bits per heavy atom. The van der Waals surface area contributed by atoms with E-state index >= 15 is 0 Å². The summed E-state index contributed by atoms with van der Waals surface area (Å²) in [6.45, 7) is 10.8. The van der Waals surface area contributed by atoms with Crippen LogP contribution in [0.5, 0.6) is 5.75 Å². The minimum atomic E-state index is -0.822. The molecule has 1 aromatic heterocycles. The fourth-order valence-corrected chi connectivity index (χ4v) is 2.81. The number of carbonyl (C=O) groups excluding carboxylic acids is 2. The smallest absolute Gasteiger partial charge is 0.437 e. The molecule has 1 heterocycles. The number of amides is 2. The van der Waals surface area contributed by atoms with E-state index in [9.17, 15) is 9.59 Å². The first-order valence-electron chi connectivity index (χ1n) is 10.8. The fourth-order valence-electron chi connectivity index (χ4n) is 2.81. The zero-order chi connectivity index (χ0) is 24.6. The van der Waals surface area contributed by atoms with Gasteiger partial charge in [-0.05, 0) is 78.1 Å². The highest BCUT2D eigenvalue weighted by Crippen LogP contribution is 2.16. The maximum Gasteiger partial charge on any atom is 0.437 e. The molecule has 2 rings (SSSR count). The Morgan fingerprint density at radius 2 is 1.67 bits per heavy atom. The van der Waals surface area contributed by atoms with Crippen molar-refractivity contribution < 1.29 is 23.8 Å². The fraction of sp³-hybridized carbons (Fsp3) is 0.500. The molecule has 9 nitrogen and oxygen atoms in total. The van der Waals surface area contributed by atoms with Gasteiger partial charge in [-0.3, -0.25) is 0 Å². The van der Waals surface area contributed by atoms with Gasteiger partial charge in [0.15, 0.2) is 0 Å². The molecule has 1 aromatic carbocycles. The van der Waals surface area contributed by atoms with E-state index in [1.807, 2.05) is 24.3 Å². The van der Waals surface area contributed by atoms with Gasteiger partial charge in [-0.1, -0.05) is 12.1 Å². The SMILES string of the molecule is COc1ccc(CCCN(C(=O)OC(C)(C)C)/C(=N/C(=O)OC(C)(C)C)n2cccn2)cc1. The lowest BCUT2D eigenvalue weighted by molar-refractivity contribution is 0.0360. The van der Waals surface area contributed by atoms with Gasteiger partial charge in [0, 0.05) is 18.9 Å². The molecule has 0 radical (unpaired) electrons. The summed E-state index contributed by atoms with van der Waals surface area (Å²) in [7, 11) is 1.62. The zero-order valence-electron chi connectivity index (χ0n) is 20.5. The van der Waals surface area contributed by atoms with Crippen LogP contribution in [0.4, 0.5) is 9.59 Å². The largest absolute Gasteiger partial charge is 0.497 e. The van der Waals surface area contributed by atoms with E-state index in [1.54, 1.807) is 60.9 Å². The van der Waals surface area contributed by atoms with E-state index in [1.165, 1.54) is 15.8 Å². The first-order valence-corrected chi connectivity index (χ1v) is 10.8. The third-order valence-corrected chi connectivity index (χ3v) is 4.16. The van der Waals surface area contributed by atoms with Crippen LogP contribution in [0.25, 0.3) is 0 Å². The van der Waals surface area contributed by atoms with Crippen LogP contribution in [-0.4, -0.2) is 57.7 Å². The van der Waals surface area contributed by atoms with Crippen molar-refractivity contribution in [2.75, 3.05) is 13.7 Å². The predicted octanol–water partition coefficient (Wildman–Crippen LogP) is 4.90. The molecule has 0 aliphatic heterocycles. The number of aromatic nitrogens is 2. The summed E-state index contributed by atoms with van der Waals surface area (Å²) in [4.78, 5) is 31.0. The van der Waals surface area contributed by atoms with Crippen molar-refractivity contribution in [3.63, 3.8) is 0 Å². The normalized spacial score (nSPS) is 12.3. The van der Waals surface area contributed by atoms with Gasteiger partial charge < -0.3 is 14.2 Å². The van der Waals surface area contributed by atoms with Crippen molar-refractivity contribution >= 4 is 18.1 Å². The van der Waals surface area contributed by atoms with E-state index in [0.717, 1.165) is 11.3 Å². The van der Waals surface area contributed by atoms with Crippen LogP contribution in [0, 0.1) is 0 Å². The molecular formula is C24H34N4O5. The number of hydrogen-bond acceptors (Lipinski definition) is 6. The molecule has 180 valence electrons. The highest BCUT2D eigenvalue weighted by molar-refractivity contribution is 5.99. The number of carbonyl (C=O) groups is 2. The number of nitrogens with zero attached hydrogens (tertiary/aromatic N) is 4. The highest BCUT2D eigenvalue weighted by atomic mass is 16.6. The molecular weight excluding hydrogens is 424 g/mol. The molecule has 9 heteroatoms. The van der Waals surface area contributed by atoms with Gasteiger partial charge in [0.1, 0.15) is 17.0 Å². The number of ether oxygens (including phenoxy) is 3. The molecule has 2 aromatic rings. The van der Waals surface area contributed by atoms with Crippen LogP contribution < -0.4 is 4.74 Å². The first-order chi connectivity index (χ1) is 15.4. The first kappa shape index (κ1) is 25.9. The van der Waals surface area contributed by atoms with Gasteiger partial charge in [0.2, 0.25) is 5.96 Å². The lowest BCUT2D eigenvalue weighted by Crippen LogP contribution is -2.45. The van der Waals surface area contributed by atoms with Crippen LogP contribution in [0.2, 0.25) is 0 Å². The minimum absolute atomic E-state index is 0.0123. The topological polar surface area (TPSA) is 95.2 Å². The summed E-state index contributed by atoms with van der Waals surface area (Å²) >= 11 is 0.